The average molecular weight is 322 g/mol. The molecule has 1 aromatic carbocycles. The monoisotopic (exact) mass is 321 g/mol. The van der Waals surface area contributed by atoms with Crippen molar-refractivity contribution >= 4 is 11.6 Å². The smallest absolute Gasteiger partial charge is 0.115 e. The van der Waals surface area contributed by atoms with Gasteiger partial charge in [-0.1, -0.05) is 56.3 Å². The van der Waals surface area contributed by atoms with E-state index in [2.05, 4.69) is 6.58 Å². The fourth-order valence-corrected chi connectivity index (χ4v) is 1.91. The van der Waals surface area contributed by atoms with Crippen molar-refractivity contribution in [3.63, 3.8) is 0 Å². The molecule has 0 amide bonds. The lowest BCUT2D eigenvalue weighted by Gasteiger charge is -2.15. The Hall–Kier alpha value is -1.51. The first-order valence-electron chi connectivity index (χ1n) is 7.65. The summed E-state index contributed by atoms with van der Waals surface area (Å²) in [6.07, 6.45) is 6.34. The SMILES string of the molecule is C=C/C(C)=C\C(=C/C)OCC(N)Cc1ccccc1Cl.CC. The first kappa shape index (κ1) is 20.5. The number of halogens is 1. The van der Waals surface area contributed by atoms with Crippen molar-refractivity contribution in [3.05, 3.63) is 71.0 Å². The first-order valence-corrected chi connectivity index (χ1v) is 8.03. The highest BCUT2D eigenvalue weighted by Crippen LogP contribution is 2.16. The minimum Gasteiger partial charge on any atom is -0.492 e. The van der Waals surface area contributed by atoms with Crippen LogP contribution in [0, 0.1) is 0 Å². The van der Waals surface area contributed by atoms with Crippen LogP contribution in [0.15, 0.2) is 60.4 Å². The fourth-order valence-electron chi connectivity index (χ4n) is 1.70. The van der Waals surface area contributed by atoms with Gasteiger partial charge in [0.1, 0.15) is 12.4 Å². The van der Waals surface area contributed by atoms with E-state index >= 15 is 0 Å². The minimum atomic E-state index is -0.0951. The lowest BCUT2D eigenvalue weighted by molar-refractivity contribution is 0.203. The van der Waals surface area contributed by atoms with E-state index in [0.717, 1.165) is 21.9 Å². The highest BCUT2D eigenvalue weighted by atomic mass is 35.5. The van der Waals surface area contributed by atoms with E-state index in [9.17, 15) is 0 Å². The van der Waals surface area contributed by atoms with Crippen molar-refractivity contribution in [1.29, 1.82) is 0 Å². The molecule has 1 aromatic rings. The van der Waals surface area contributed by atoms with Crippen LogP contribution >= 0.6 is 11.6 Å². The topological polar surface area (TPSA) is 35.2 Å². The van der Waals surface area contributed by atoms with Crippen LogP contribution in [0.1, 0.15) is 33.3 Å². The summed E-state index contributed by atoms with van der Waals surface area (Å²) >= 11 is 6.12. The average Bonchev–Trinajstić information content (AvgIpc) is 2.55. The number of hydrogen-bond donors (Lipinski definition) is 1. The summed E-state index contributed by atoms with van der Waals surface area (Å²) in [5, 5.41) is 0.747. The van der Waals surface area contributed by atoms with E-state index in [1.807, 2.05) is 64.1 Å². The van der Waals surface area contributed by atoms with Crippen LogP contribution < -0.4 is 5.73 Å². The molecular weight excluding hydrogens is 294 g/mol. The standard InChI is InChI=1S/C17H22ClNO.C2H6/c1-4-13(3)10-16(5-2)20-12-15(19)11-14-8-6-7-9-17(14)18;1-2/h4-10,15H,1,11-12,19H2,2-3H3;1-2H3/b13-10-,16-5+;. The van der Waals surface area contributed by atoms with E-state index in [1.54, 1.807) is 6.08 Å². The van der Waals surface area contributed by atoms with Crippen LogP contribution in [0.3, 0.4) is 0 Å². The van der Waals surface area contributed by atoms with Gasteiger partial charge in [0.15, 0.2) is 0 Å². The molecule has 0 aliphatic heterocycles. The normalized spacial score (nSPS) is 13.0. The summed E-state index contributed by atoms with van der Waals surface area (Å²) in [5.41, 5.74) is 8.19. The third-order valence-corrected chi connectivity index (χ3v) is 3.25. The molecule has 122 valence electrons. The number of allylic oxidation sites excluding steroid dienone is 4. The zero-order valence-corrected chi connectivity index (χ0v) is 14.9. The second-order valence-corrected chi connectivity index (χ2v) is 5.06. The number of benzene rings is 1. The van der Waals surface area contributed by atoms with Gasteiger partial charge in [0.25, 0.3) is 0 Å². The molecule has 1 rings (SSSR count). The van der Waals surface area contributed by atoms with Crippen LogP contribution in [0.25, 0.3) is 0 Å². The molecule has 0 bridgehead atoms. The third kappa shape index (κ3) is 8.06. The summed E-state index contributed by atoms with van der Waals surface area (Å²) in [6, 6.07) is 7.64. The molecule has 0 aliphatic carbocycles. The molecule has 0 aliphatic rings. The summed E-state index contributed by atoms with van der Waals surface area (Å²) in [7, 11) is 0. The van der Waals surface area contributed by atoms with Crippen molar-refractivity contribution in [2.75, 3.05) is 6.61 Å². The van der Waals surface area contributed by atoms with E-state index in [1.165, 1.54) is 0 Å². The van der Waals surface area contributed by atoms with Crippen LogP contribution in [-0.4, -0.2) is 12.6 Å². The molecule has 3 heteroatoms. The number of ether oxygens (including phenoxy) is 1. The van der Waals surface area contributed by atoms with Crippen molar-refractivity contribution < 1.29 is 4.74 Å². The Kier molecular flexibility index (Phi) is 11.2. The summed E-state index contributed by atoms with van der Waals surface area (Å²) in [5.74, 6) is 0.803. The van der Waals surface area contributed by atoms with Gasteiger partial charge in [0.2, 0.25) is 0 Å². The van der Waals surface area contributed by atoms with Crippen molar-refractivity contribution in [3.8, 4) is 0 Å². The Bertz CT molecular complexity index is 506. The minimum absolute atomic E-state index is 0.0951. The molecule has 1 atom stereocenters. The van der Waals surface area contributed by atoms with Crippen LogP contribution in [-0.2, 0) is 11.2 Å². The first-order chi connectivity index (χ1) is 10.6. The van der Waals surface area contributed by atoms with E-state index in [-0.39, 0.29) is 6.04 Å². The van der Waals surface area contributed by atoms with Gasteiger partial charge in [0, 0.05) is 11.1 Å². The van der Waals surface area contributed by atoms with E-state index in [4.69, 9.17) is 22.1 Å². The van der Waals surface area contributed by atoms with Crippen molar-refractivity contribution in [2.45, 2.75) is 40.2 Å². The largest absolute Gasteiger partial charge is 0.492 e. The van der Waals surface area contributed by atoms with Crippen LogP contribution in [0.2, 0.25) is 5.02 Å². The number of nitrogens with two attached hydrogens (primary N) is 1. The molecule has 2 nitrogen and oxygen atoms in total. The third-order valence-electron chi connectivity index (χ3n) is 2.88. The zero-order valence-electron chi connectivity index (χ0n) is 14.1. The van der Waals surface area contributed by atoms with Gasteiger partial charge in [-0.15, -0.1) is 0 Å². The lowest BCUT2D eigenvalue weighted by Crippen LogP contribution is -2.28. The molecule has 0 saturated carbocycles. The van der Waals surface area contributed by atoms with Gasteiger partial charge >= 0.3 is 0 Å². The maximum Gasteiger partial charge on any atom is 0.115 e. The highest BCUT2D eigenvalue weighted by molar-refractivity contribution is 6.31. The molecule has 1 unspecified atom stereocenters. The second-order valence-electron chi connectivity index (χ2n) is 4.65. The van der Waals surface area contributed by atoms with Gasteiger partial charge in [-0.3, -0.25) is 0 Å². The lowest BCUT2D eigenvalue weighted by atomic mass is 10.1. The molecule has 0 radical (unpaired) electrons. The summed E-state index contributed by atoms with van der Waals surface area (Å²) < 4.78 is 5.71. The molecular formula is C19H28ClNO. The molecule has 0 fully saturated rings. The maximum atomic E-state index is 6.12. The number of hydrogen-bond acceptors (Lipinski definition) is 2. The predicted molar refractivity (Wildman–Crippen MR) is 98.1 cm³/mol. The predicted octanol–water partition coefficient (Wildman–Crippen LogP) is 5.29. The molecule has 0 saturated heterocycles. The summed E-state index contributed by atoms with van der Waals surface area (Å²) in [6.45, 7) is 12.1. The van der Waals surface area contributed by atoms with Gasteiger partial charge in [-0.2, -0.15) is 0 Å². The highest BCUT2D eigenvalue weighted by Gasteiger charge is 2.08. The van der Waals surface area contributed by atoms with E-state index in [0.29, 0.717) is 13.0 Å². The Labute approximate surface area is 140 Å². The molecule has 0 aromatic heterocycles. The number of rotatable bonds is 7. The van der Waals surface area contributed by atoms with Crippen LogP contribution in [0.5, 0.6) is 0 Å². The van der Waals surface area contributed by atoms with Gasteiger partial charge in [0.05, 0.1) is 0 Å². The molecule has 22 heavy (non-hydrogen) atoms. The zero-order chi connectivity index (χ0) is 17.0. The van der Waals surface area contributed by atoms with Crippen LogP contribution in [0.4, 0.5) is 0 Å². The Morgan fingerprint density at radius 2 is 2.00 bits per heavy atom. The molecule has 2 N–H and O–H groups in total. The van der Waals surface area contributed by atoms with Gasteiger partial charge in [-0.05, 0) is 49.6 Å². The van der Waals surface area contributed by atoms with Gasteiger partial charge < -0.3 is 10.5 Å². The maximum absolute atomic E-state index is 6.12. The second kappa shape index (κ2) is 12.1. The van der Waals surface area contributed by atoms with Crippen molar-refractivity contribution in [1.82, 2.24) is 0 Å². The fraction of sp³-hybridized carbons (Fsp3) is 0.368. The molecule has 0 spiro atoms. The molecule has 0 heterocycles. The van der Waals surface area contributed by atoms with Crippen molar-refractivity contribution in [2.24, 2.45) is 5.73 Å². The quantitative estimate of drug-likeness (QED) is 0.547. The van der Waals surface area contributed by atoms with E-state index < -0.39 is 0 Å². The Morgan fingerprint density at radius 1 is 1.36 bits per heavy atom. The Morgan fingerprint density at radius 3 is 2.55 bits per heavy atom. The Balaban J connectivity index is 0.00000211. The summed E-state index contributed by atoms with van der Waals surface area (Å²) in [4.78, 5) is 0. The van der Waals surface area contributed by atoms with Gasteiger partial charge in [-0.25, -0.2) is 0 Å².